The van der Waals surface area contributed by atoms with Gasteiger partial charge in [-0.25, -0.2) is 0 Å². The van der Waals surface area contributed by atoms with Crippen molar-refractivity contribution in [1.29, 1.82) is 4.78 Å². The molecule has 1 aromatic heterocycles. The van der Waals surface area contributed by atoms with Gasteiger partial charge in [0, 0.05) is 58.2 Å². The maximum atomic E-state index is 11.7. The first kappa shape index (κ1) is 16.1. The number of nitrogens with zero attached hydrogens (tertiary/aromatic N) is 2. The Morgan fingerprint density at radius 1 is 1.35 bits per heavy atom. The topological polar surface area (TPSA) is 66.3 Å². The molecule has 1 aliphatic heterocycles. The minimum absolute atomic E-state index is 0.398. The average molecular weight is 333 g/mol. The quantitative estimate of drug-likeness (QED) is 0.933. The number of rotatable bonds is 4. The van der Waals surface area contributed by atoms with E-state index in [2.05, 4.69) is 22.0 Å². The van der Waals surface area contributed by atoms with E-state index < -0.39 is 9.73 Å². The van der Waals surface area contributed by atoms with Crippen LogP contribution in [0.4, 0.5) is 5.69 Å². The molecule has 23 heavy (non-hydrogen) atoms. The Kier molecular flexibility index (Phi) is 4.43. The van der Waals surface area contributed by atoms with E-state index in [-0.39, 0.29) is 0 Å². The molecule has 2 heterocycles. The molecule has 3 rings (SSSR count). The monoisotopic (exact) mass is 333 g/mol. The van der Waals surface area contributed by atoms with Crippen molar-refractivity contribution >= 4 is 26.3 Å². The van der Waals surface area contributed by atoms with Gasteiger partial charge in [-0.2, -0.15) is 0 Å². The van der Waals surface area contributed by atoms with Crippen LogP contribution in [0.5, 0.6) is 5.75 Å². The van der Waals surface area contributed by atoms with Crippen molar-refractivity contribution in [2.75, 3.05) is 37.1 Å². The van der Waals surface area contributed by atoms with Crippen molar-refractivity contribution in [3.8, 4) is 5.75 Å². The fourth-order valence-electron chi connectivity index (χ4n) is 3.31. The number of ether oxygens (including phenoxy) is 1. The smallest absolute Gasteiger partial charge is 0.121 e. The summed E-state index contributed by atoms with van der Waals surface area (Å²) < 4.78 is 24.6. The molecule has 6 heteroatoms. The molecule has 1 saturated heterocycles. The lowest BCUT2D eigenvalue weighted by molar-refractivity contribution is 0.415. The SMILES string of the molecule is COc1ccc2c(N3CCC(CS(C)(=N)=O)CC3)ccnc2c1. The number of nitrogens with one attached hydrogen (secondary N) is 1. The van der Waals surface area contributed by atoms with Gasteiger partial charge in [0.05, 0.1) is 12.6 Å². The highest BCUT2D eigenvalue weighted by Gasteiger charge is 2.22. The largest absolute Gasteiger partial charge is 0.497 e. The lowest BCUT2D eigenvalue weighted by atomic mass is 9.98. The first-order valence-corrected chi connectivity index (χ1v) is 9.99. The molecule has 1 fully saturated rings. The summed E-state index contributed by atoms with van der Waals surface area (Å²) in [6.45, 7) is 1.87. The maximum absolute atomic E-state index is 11.7. The normalized spacial score (nSPS) is 18.8. The highest BCUT2D eigenvalue weighted by atomic mass is 32.2. The van der Waals surface area contributed by atoms with Gasteiger partial charge in [-0.3, -0.25) is 14.0 Å². The molecule has 0 spiro atoms. The predicted molar refractivity (Wildman–Crippen MR) is 94.9 cm³/mol. The Hall–Kier alpha value is -1.82. The summed E-state index contributed by atoms with van der Waals surface area (Å²) in [4.78, 5) is 6.81. The molecule has 124 valence electrons. The molecular formula is C17H23N3O2S. The van der Waals surface area contributed by atoms with Crippen LogP contribution in [0, 0.1) is 10.7 Å². The summed E-state index contributed by atoms with van der Waals surface area (Å²) in [5.74, 6) is 1.73. The van der Waals surface area contributed by atoms with E-state index >= 15 is 0 Å². The van der Waals surface area contributed by atoms with Crippen molar-refractivity contribution < 1.29 is 8.95 Å². The third-order valence-corrected chi connectivity index (χ3v) is 5.54. The Bertz CT molecular complexity index is 797. The number of pyridine rings is 1. The number of anilines is 1. The molecule has 1 aromatic carbocycles. The van der Waals surface area contributed by atoms with Crippen LogP contribution in [0.3, 0.4) is 0 Å². The van der Waals surface area contributed by atoms with Crippen molar-refractivity contribution in [2.24, 2.45) is 5.92 Å². The second kappa shape index (κ2) is 6.35. The van der Waals surface area contributed by atoms with Crippen LogP contribution < -0.4 is 9.64 Å². The summed E-state index contributed by atoms with van der Waals surface area (Å²) in [5, 5.41) is 1.13. The molecule has 1 unspecified atom stereocenters. The molecule has 0 saturated carbocycles. The van der Waals surface area contributed by atoms with Crippen molar-refractivity contribution in [3.05, 3.63) is 30.5 Å². The number of benzene rings is 1. The predicted octanol–water partition coefficient (Wildman–Crippen LogP) is 3.14. The summed E-state index contributed by atoms with van der Waals surface area (Å²) >= 11 is 0. The van der Waals surface area contributed by atoms with E-state index in [0.717, 1.165) is 42.6 Å². The van der Waals surface area contributed by atoms with Crippen LogP contribution in [0.1, 0.15) is 12.8 Å². The molecule has 1 N–H and O–H groups in total. The first-order chi connectivity index (χ1) is 11.0. The fourth-order valence-corrected chi connectivity index (χ4v) is 4.54. The molecular weight excluding hydrogens is 310 g/mol. The molecule has 2 aromatic rings. The number of fused-ring (bicyclic) bond motifs is 1. The molecule has 5 nitrogen and oxygen atoms in total. The Morgan fingerprint density at radius 3 is 2.74 bits per heavy atom. The third-order valence-electron chi connectivity index (χ3n) is 4.44. The standard InChI is InChI=1S/C17H23N3O2S/c1-22-14-3-4-15-16(11-14)19-8-5-17(15)20-9-6-13(7-10-20)12-23(2,18)21/h3-5,8,11,13,18H,6-7,9-10,12H2,1-2H3. The molecule has 1 aliphatic rings. The number of hydrogen-bond donors (Lipinski definition) is 1. The van der Waals surface area contributed by atoms with Gasteiger partial charge in [0.2, 0.25) is 0 Å². The van der Waals surface area contributed by atoms with Gasteiger partial charge < -0.3 is 9.64 Å². The lowest BCUT2D eigenvalue weighted by Gasteiger charge is -2.34. The van der Waals surface area contributed by atoms with Crippen molar-refractivity contribution in [3.63, 3.8) is 0 Å². The summed E-state index contributed by atoms with van der Waals surface area (Å²) in [6, 6.07) is 8.04. The van der Waals surface area contributed by atoms with E-state index in [4.69, 9.17) is 9.52 Å². The number of hydrogen-bond acceptors (Lipinski definition) is 5. The fraction of sp³-hybridized carbons (Fsp3) is 0.471. The second-order valence-corrected chi connectivity index (χ2v) is 8.66. The van der Waals surface area contributed by atoms with E-state index in [9.17, 15) is 4.21 Å². The van der Waals surface area contributed by atoms with Gasteiger partial charge in [-0.1, -0.05) is 0 Å². The zero-order chi connectivity index (χ0) is 16.4. The van der Waals surface area contributed by atoms with Crippen LogP contribution >= 0.6 is 0 Å². The average Bonchev–Trinajstić information content (AvgIpc) is 2.53. The first-order valence-electron chi connectivity index (χ1n) is 7.85. The molecule has 1 atom stereocenters. The Labute approximate surface area is 137 Å². The minimum atomic E-state index is -2.39. The van der Waals surface area contributed by atoms with Gasteiger partial charge in [0.25, 0.3) is 0 Å². The number of piperidine rings is 1. The van der Waals surface area contributed by atoms with E-state index in [0.29, 0.717) is 11.7 Å². The number of aromatic nitrogens is 1. The van der Waals surface area contributed by atoms with Crippen LogP contribution in [-0.4, -0.2) is 41.4 Å². The zero-order valence-corrected chi connectivity index (χ0v) is 14.4. The summed E-state index contributed by atoms with van der Waals surface area (Å²) in [7, 11) is -0.730. The Morgan fingerprint density at radius 2 is 2.09 bits per heavy atom. The Balaban J connectivity index is 1.79. The van der Waals surface area contributed by atoms with Crippen LogP contribution in [0.25, 0.3) is 10.9 Å². The highest BCUT2D eigenvalue weighted by Crippen LogP contribution is 2.31. The highest BCUT2D eigenvalue weighted by molar-refractivity contribution is 7.91. The van der Waals surface area contributed by atoms with Crippen molar-refractivity contribution in [2.45, 2.75) is 12.8 Å². The van der Waals surface area contributed by atoms with Crippen LogP contribution in [-0.2, 0) is 9.73 Å². The van der Waals surface area contributed by atoms with E-state index in [1.54, 1.807) is 13.4 Å². The van der Waals surface area contributed by atoms with Crippen molar-refractivity contribution in [1.82, 2.24) is 4.98 Å². The van der Waals surface area contributed by atoms with Gasteiger partial charge >= 0.3 is 0 Å². The van der Waals surface area contributed by atoms with E-state index in [1.807, 2.05) is 18.3 Å². The number of methoxy groups -OCH3 is 1. The maximum Gasteiger partial charge on any atom is 0.121 e. The molecule has 0 radical (unpaired) electrons. The van der Waals surface area contributed by atoms with Crippen LogP contribution in [0.15, 0.2) is 30.5 Å². The minimum Gasteiger partial charge on any atom is -0.497 e. The molecule has 0 amide bonds. The van der Waals surface area contributed by atoms with Crippen LogP contribution in [0.2, 0.25) is 0 Å². The van der Waals surface area contributed by atoms with Gasteiger partial charge in [-0.05, 0) is 37.0 Å². The molecule has 0 aliphatic carbocycles. The summed E-state index contributed by atoms with van der Waals surface area (Å²) in [5.41, 5.74) is 2.13. The lowest BCUT2D eigenvalue weighted by Crippen LogP contribution is -2.35. The molecule has 0 bridgehead atoms. The third kappa shape index (κ3) is 3.75. The second-order valence-electron chi connectivity index (χ2n) is 6.32. The van der Waals surface area contributed by atoms with Gasteiger partial charge in [-0.15, -0.1) is 0 Å². The van der Waals surface area contributed by atoms with Gasteiger partial charge in [0.15, 0.2) is 0 Å². The zero-order valence-electron chi connectivity index (χ0n) is 13.6. The van der Waals surface area contributed by atoms with E-state index in [1.165, 1.54) is 5.69 Å². The summed E-state index contributed by atoms with van der Waals surface area (Å²) in [6.07, 6.45) is 5.36. The van der Waals surface area contributed by atoms with Gasteiger partial charge in [0.1, 0.15) is 5.75 Å².